The summed E-state index contributed by atoms with van der Waals surface area (Å²) in [6.45, 7) is 2.05. The summed E-state index contributed by atoms with van der Waals surface area (Å²) in [4.78, 5) is 8.13. The second kappa shape index (κ2) is 4.15. The molecule has 1 heterocycles. The first-order valence-corrected chi connectivity index (χ1v) is 4.28. The van der Waals surface area contributed by atoms with E-state index in [9.17, 15) is 0 Å². The molecular weight excluding hydrogens is 160 g/mol. The van der Waals surface area contributed by atoms with Crippen LogP contribution in [0.5, 0.6) is 0 Å². The Morgan fingerprint density at radius 2 is 2.55 bits per heavy atom. The van der Waals surface area contributed by atoms with Crippen LogP contribution in [0.4, 0.5) is 5.82 Å². The van der Waals surface area contributed by atoms with Crippen molar-refractivity contribution in [2.75, 3.05) is 11.2 Å². The van der Waals surface area contributed by atoms with Crippen molar-refractivity contribution in [2.24, 2.45) is 5.84 Å². The summed E-state index contributed by atoms with van der Waals surface area (Å²) in [6, 6.07) is 1.72. The van der Waals surface area contributed by atoms with Crippen molar-refractivity contribution < 1.29 is 0 Å². The first-order chi connectivity index (χ1) is 5.36. The Morgan fingerprint density at radius 1 is 1.73 bits per heavy atom. The maximum Gasteiger partial charge on any atom is 0.189 e. The average molecular weight is 170 g/mol. The molecule has 3 N–H and O–H groups in total. The van der Waals surface area contributed by atoms with E-state index < -0.39 is 0 Å². The summed E-state index contributed by atoms with van der Waals surface area (Å²) < 4.78 is 0. The number of nitrogens with zero attached hydrogens (tertiary/aromatic N) is 2. The molecule has 0 spiro atoms. The molecule has 0 saturated carbocycles. The lowest BCUT2D eigenvalue weighted by Crippen LogP contribution is -2.08. The molecule has 0 amide bonds. The van der Waals surface area contributed by atoms with Crippen LogP contribution in [-0.2, 0) is 0 Å². The van der Waals surface area contributed by atoms with Gasteiger partial charge in [0.1, 0.15) is 5.82 Å². The third kappa shape index (κ3) is 2.36. The number of hydrogen-bond donors (Lipinski definition) is 2. The molecule has 0 saturated heterocycles. The normalized spacial score (nSPS) is 9.64. The quantitative estimate of drug-likeness (QED) is 0.305. The summed E-state index contributed by atoms with van der Waals surface area (Å²) in [6.07, 6.45) is 1.68. The molecule has 1 rings (SSSR count). The van der Waals surface area contributed by atoms with Crippen LogP contribution in [0.1, 0.15) is 6.92 Å². The fourth-order valence-electron chi connectivity index (χ4n) is 0.620. The second-order valence-electron chi connectivity index (χ2n) is 1.80. The van der Waals surface area contributed by atoms with Gasteiger partial charge in [-0.25, -0.2) is 15.8 Å². The van der Waals surface area contributed by atoms with Gasteiger partial charge >= 0.3 is 0 Å². The Labute approximate surface area is 69.6 Å². The van der Waals surface area contributed by atoms with Crippen molar-refractivity contribution in [1.82, 2.24) is 9.97 Å². The van der Waals surface area contributed by atoms with Crippen molar-refractivity contribution >= 4 is 17.6 Å². The fraction of sp³-hybridized carbons (Fsp3) is 0.333. The first-order valence-electron chi connectivity index (χ1n) is 3.29. The molecule has 5 heteroatoms. The van der Waals surface area contributed by atoms with Gasteiger partial charge in [0.2, 0.25) is 0 Å². The van der Waals surface area contributed by atoms with E-state index in [1.165, 1.54) is 0 Å². The second-order valence-corrected chi connectivity index (χ2v) is 3.03. The molecule has 0 atom stereocenters. The first kappa shape index (κ1) is 8.29. The number of nitrogen functional groups attached to an aromatic ring is 1. The molecule has 4 nitrogen and oxygen atoms in total. The van der Waals surface area contributed by atoms with Crippen LogP contribution in [0.3, 0.4) is 0 Å². The van der Waals surface area contributed by atoms with Crippen molar-refractivity contribution in [3.63, 3.8) is 0 Å². The highest BCUT2D eigenvalue weighted by atomic mass is 32.2. The summed E-state index contributed by atoms with van der Waals surface area (Å²) in [5, 5.41) is 0.753. The molecule has 0 aliphatic heterocycles. The van der Waals surface area contributed by atoms with Crippen LogP contribution in [-0.4, -0.2) is 15.7 Å². The van der Waals surface area contributed by atoms with Crippen molar-refractivity contribution in [3.05, 3.63) is 12.3 Å². The van der Waals surface area contributed by atoms with Gasteiger partial charge in [-0.05, 0) is 5.75 Å². The van der Waals surface area contributed by atoms with Gasteiger partial charge in [0.05, 0.1) is 0 Å². The minimum atomic E-state index is 0.649. The van der Waals surface area contributed by atoms with Gasteiger partial charge in [0.15, 0.2) is 5.16 Å². The number of hydrazine groups is 1. The average Bonchev–Trinajstić information content (AvgIpc) is 2.06. The third-order valence-electron chi connectivity index (χ3n) is 1.05. The third-order valence-corrected chi connectivity index (χ3v) is 1.80. The molecule has 0 aromatic carbocycles. The number of anilines is 1. The zero-order valence-electron chi connectivity index (χ0n) is 6.24. The van der Waals surface area contributed by atoms with Crippen LogP contribution in [0.2, 0.25) is 0 Å². The Balaban J connectivity index is 2.74. The van der Waals surface area contributed by atoms with E-state index in [0.29, 0.717) is 5.82 Å². The highest BCUT2D eigenvalue weighted by Crippen LogP contribution is 2.12. The van der Waals surface area contributed by atoms with E-state index in [1.807, 2.05) is 0 Å². The molecular formula is C6H10N4S. The minimum Gasteiger partial charge on any atom is -0.308 e. The molecule has 0 aliphatic rings. The molecule has 11 heavy (non-hydrogen) atoms. The monoisotopic (exact) mass is 170 g/mol. The van der Waals surface area contributed by atoms with Gasteiger partial charge in [-0.15, -0.1) is 0 Å². The minimum absolute atomic E-state index is 0.649. The van der Waals surface area contributed by atoms with Gasteiger partial charge in [-0.2, -0.15) is 0 Å². The van der Waals surface area contributed by atoms with Crippen LogP contribution in [0.15, 0.2) is 17.4 Å². The van der Waals surface area contributed by atoms with Crippen molar-refractivity contribution in [2.45, 2.75) is 12.1 Å². The van der Waals surface area contributed by atoms with E-state index in [4.69, 9.17) is 5.84 Å². The van der Waals surface area contributed by atoms with E-state index in [0.717, 1.165) is 10.9 Å². The summed E-state index contributed by atoms with van der Waals surface area (Å²) in [5.74, 6) is 6.78. The fourth-order valence-corrected chi connectivity index (χ4v) is 1.18. The summed E-state index contributed by atoms with van der Waals surface area (Å²) in [7, 11) is 0. The summed E-state index contributed by atoms with van der Waals surface area (Å²) >= 11 is 1.59. The Kier molecular flexibility index (Phi) is 3.13. The molecule has 60 valence electrons. The zero-order chi connectivity index (χ0) is 8.10. The van der Waals surface area contributed by atoms with Gasteiger partial charge in [0.25, 0.3) is 0 Å². The van der Waals surface area contributed by atoms with Crippen LogP contribution in [0.25, 0.3) is 0 Å². The highest BCUT2D eigenvalue weighted by Gasteiger charge is 1.95. The number of hydrogen-bond acceptors (Lipinski definition) is 5. The lowest BCUT2D eigenvalue weighted by Gasteiger charge is -1.99. The number of aromatic nitrogens is 2. The molecule has 0 fully saturated rings. The SMILES string of the molecule is CCSc1nccc(NN)n1. The molecule has 0 unspecified atom stereocenters. The van der Waals surface area contributed by atoms with Gasteiger partial charge in [-0.3, -0.25) is 0 Å². The predicted octanol–water partition coefficient (Wildman–Crippen LogP) is 0.874. The topological polar surface area (TPSA) is 63.8 Å². The Hall–Kier alpha value is -0.810. The largest absolute Gasteiger partial charge is 0.308 e. The van der Waals surface area contributed by atoms with E-state index in [-0.39, 0.29) is 0 Å². The highest BCUT2D eigenvalue weighted by molar-refractivity contribution is 7.99. The van der Waals surface area contributed by atoms with E-state index in [2.05, 4.69) is 22.3 Å². The molecule has 1 aromatic rings. The van der Waals surface area contributed by atoms with Gasteiger partial charge < -0.3 is 5.43 Å². The zero-order valence-corrected chi connectivity index (χ0v) is 7.06. The Morgan fingerprint density at radius 3 is 3.18 bits per heavy atom. The van der Waals surface area contributed by atoms with Crippen LogP contribution in [0, 0.1) is 0 Å². The lowest BCUT2D eigenvalue weighted by atomic mass is 10.6. The predicted molar refractivity (Wildman–Crippen MR) is 46.2 cm³/mol. The van der Waals surface area contributed by atoms with Crippen LogP contribution < -0.4 is 11.3 Å². The lowest BCUT2D eigenvalue weighted by molar-refractivity contribution is 0.963. The number of thioether (sulfide) groups is 1. The Bertz CT molecular complexity index is 228. The van der Waals surface area contributed by atoms with E-state index in [1.54, 1.807) is 24.0 Å². The maximum absolute atomic E-state index is 5.17. The molecule has 0 bridgehead atoms. The standard InChI is InChI=1S/C6H10N4S/c1-2-11-6-8-4-3-5(9-6)10-7/h3-4H,2,7H2,1H3,(H,8,9,10). The molecule has 0 aliphatic carbocycles. The summed E-state index contributed by atoms with van der Waals surface area (Å²) in [5.41, 5.74) is 2.46. The van der Waals surface area contributed by atoms with Gasteiger partial charge in [-0.1, -0.05) is 18.7 Å². The maximum atomic E-state index is 5.17. The smallest absolute Gasteiger partial charge is 0.189 e. The van der Waals surface area contributed by atoms with Gasteiger partial charge in [0, 0.05) is 12.3 Å². The molecule has 0 radical (unpaired) electrons. The number of rotatable bonds is 3. The number of nitrogens with two attached hydrogens (primary N) is 1. The number of nitrogens with one attached hydrogen (secondary N) is 1. The van der Waals surface area contributed by atoms with Crippen molar-refractivity contribution in [3.8, 4) is 0 Å². The van der Waals surface area contributed by atoms with E-state index >= 15 is 0 Å². The molecule has 1 aromatic heterocycles. The van der Waals surface area contributed by atoms with Crippen molar-refractivity contribution in [1.29, 1.82) is 0 Å². The van der Waals surface area contributed by atoms with Crippen LogP contribution >= 0.6 is 11.8 Å².